The van der Waals surface area contributed by atoms with Gasteiger partial charge in [0.1, 0.15) is 12.5 Å². The Morgan fingerprint density at radius 2 is 1.95 bits per heavy atom. The summed E-state index contributed by atoms with van der Waals surface area (Å²) in [5.41, 5.74) is 0.473. The molecule has 0 radical (unpaired) electrons. The number of halogens is 3. The van der Waals surface area contributed by atoms with E-state index >= 15 is 0 Å². The lowest BCUT2D eigenvalue weighted by atomic mass is 10.1. The molecule has 1 amide bonds. The molecule has 0 aliphatic heterocycles. The second-order valence-electron chi connectivity index (χ2n) is 3.74. The van der Waals surface area contributed by atoms with Gasteiger partial charge < -0.3 is 19.5 Å². The molecule has 8 heteroatoms. The van der Waals surface area contributed by atoms with Crippen LogP contribution in [-0.2, 0) is 16.1 Å². The van der Waals surface area contributed by atoms with E-state index in [2.05, 4.69) is 14.8 Å². The number of rotatable bonds is 6. The normalized spacial score (nSPS) is 11.2. The van der Waals surface area contributed by atoms with Crippen molar-refractivity contribution in [2.75, 3.05) is 21.0 Å². The Hall–Kier alpha value is -1.80. The first-order valence-corrected chi connectivity index (χ1v) is 5.52. The van der Waals surface area contributed by atoms with Crippen LogP contribution in [0.3, 0.4) is 0 Å². The summed E-state index contributed by atoms with van der Waals surface area (Å²) in [5, 5.41) is 2.44. The molecule has 1 rings (SSSR count). The maximum atomic E-state index is 12.1. The van der Waals surface area contributed by atoms with Gasteiger partial charge in [-0.1, -0.05) is 0 Å². The second-order valence-corrected chi connectivity index (χ2v) is 3.74. The van der Waals surface area contributed by atoms with Gasteiger partial charge in [-0.25, -0.2) is 0 Å². The number of hydrogen-bond acceptors (Lipinski definition) is 4. The van der Waals surface area contributed by atoms with Gasteiger partial charge in [0.05, 0.1) is 6.61 Å². The summed E-state index contributed by atoms with van der Waals surface area (Å²) < 4.78 is 49.7. The third-order valence-corrected chi connectivity index (χ3v) is 2.23. The van der Waals surface area contributed by atoms with Gasteiger partial charge in [-0.2, -0.15) is 0 Å². The summed E-state index contributed by atoms with van der Waals surface area (Å²) in [4.78, 5) is 11.8. The lowest BCUT2D eigenvalue weighted by Crippen LogP contribution is -2.26. The molecule has 5 nitrogen and oxygen atoms in total. The minimum absolute atomic E-state index is 0.00788. The van der Waals surface area contributed by atoms with E-state index in [1.165, 1.54) is 20.3 Å². The van der Waals surface area contributed by atoms with Gasteiger partial charge in [0, 0.05) is 19.8 Å². The van der Waals surface area contributed by atoms with Gasteiger partial charge in [-0.15, -0.1) is 13.2 Å². The summed E-state index contributed by atoms with van der Waals surface area (Å²) in [6.45, 7) is -0.0309. The maximum absolute atomic E-state index is 12.1. The molecular weight excluding hydrogens is 279 g/mol. The van der Waals surface area contributed by atoms with E-state index in [0.29, 0.717) is 0 Å². The molecule has 0 aromatic heterocycles. The highest BCUT2D eigenvalue weighted by Gasteiger charge is 2.31. The Labute approximate surface area is 113 Å². The summed E-state index contributed by atoms with van der Waals surface area (Å²) in [6.07, 6.45) is -4.79. The van der Waals surface area contributed by atoms with Gasteiger partial charge in [0.25, 0.3) is 5.91 Å². The molecule has 1 aromatic carbocycles. The molecule has 1 aromatic rings. The molecular formula is C12H14F3NO4. The van der Waals surface area contributed by atoms with Crippen LogP contribution in [0.5, 0.6) is 5.75 Å². The average molecular weight is 293 g/mol. The molecule has 0 aliphatic rings. The van der Waals surface area contributed by atoms with Gasteiger partial charge in [0.15, 0.2) is 0 Å². The van der Waals surface area contributed by atoms with E-state index < -0.39 is 18.0 Å². The number of benzene rings is 1. The first-order valence-electron chi connectivity index (χ1n) is 5.52. The molecule has 0 heterocycles. The highest BCUT2D eigenvalue weighted by Crippen LogP contribution is 2.25. The summed E-state index contributed by atoms with van der Waals surface area (Å²) in [5.74, 6) is -0.884. The summed E-state index contributed by atoms with van der Waals surface area (Å²) in [6, 6.07) is 3.41. The number of carbonyl (C=O) groups excluding carboxylic acids is 1. The van der Waals surface area contributed by atoms with Gasteiger partial charge in [-0.3, -0.25) is 4.79 Å². The van der Waals surface area contributed by atoms with Crippen LogP contribution < -0.4 is 10.1 Å². The Morgan fingerprint density at radius 1 is 1.25 bits per heavy atom. The van der Waals surface area contributed by atoms with Crippen molar-refractivity contribution in [3.05, 3.63) is 29.3 Å². The molecule has 0 atom stereocenters. The van der Waals surface area contributed by atoms with Crippen molar-refractivity contribution in [3.63, 3.8) is 0 Å². The van der Waals surface area contributed by atoms with Crippen molar-refractivity contribution >= 4 is 5.91 Å². The average Bonchev–Trinajstić information content (AvgIpc) is 2.34. The quantitative estimate of drug-likeness (QED) is 0.816. The van der Waals surface area contributed by atoms with Crippen molar-refractivity contribution in [1.29, 1.82) is 0 Å². The van der Waals surface area contributed by atoms with Gasteiger partial charge >= 0.3 is 6.36 Å². The molecule has 0 saturated carbocycles. The van der Waals surface area contributed by atoms with E-state index in [-0.39, 0.29) is 24.5 Å². The fraction of sp³-hybridized carbons (Fsp3) is 0.417. The molecule has 0 spiro atoms. The van der Waals surface area contributed by atoms with Crippen LogP contribution in [0, 0.1) is 0 Å². The van der Waals surface area contributed by atoms with Crippen LogP contribution in [0.4, 0.5) is 13.2 Å². The fourth-order valence-corrected chi connectivity index (χ4v) is 1.50. The molecule has 0 unspecified atom stereocenters. The topological polar surface area (TPSA) is 56.8 Å². The SMILES string of the molecule is COCNC(=O)c1ccc(OC(F)(F)F)cc1COC. The molecule has 20 heavy (non-hydrogen) atoms. The standard InChI is InChI=1S/C12H14F3NO4/c1-18-6-8-5-9(20-12(13,14)15)3-4-10(8)11(17)16-7-19-2/h3-5H,6-7H2,1-2H3,(H,16,17). The van der Waals surface area contributed by atoms with E-state index in [0.717, 1.165) is 12.1 Å². The number of hydrogen-bond donors (Lipinski definition) is 1. The third-order valence-electron chi connectivity index (χ3n) is 2.23. The Balaban J connectivity index is 2.98. The van der Waals surface area contributed by atoms with Crippen molar-refractivity contribution in [2.24, 2.45) is 0 Å². The van der Waals surface area contributed by atoms with Crippen LogP contribution in [0.1, 0.15) is 15.9 Å². The van der Waals surface area contributed by atoms with Crippen LogP contribution in [0.25, 0.3) is 0 Å². The molecule has 1 N–H and O–H groups in total. The minimum Gasteiger partial charge on any atom is -0.406 e. The van der Waals surface area contributed by atoms with Crippen molar-refractivity contribution < 1.29 is 32.2 Å². The van der Waals surface area contributed by atoms with Crippen LogP contribution >= 0.6 is 0 Å². The van der Waals surface area contributed by atoms with Crippen molar-refractivity contribution in [1.82, 2.24) is 5.32 Å². The molecule has 0 aliphatic carbocycles. The van der Waals surface area contributed by atoms with E-state index in [4.69, 9.17) is 4.74 Å². The van der Waals surface area contributed by atoms with Crippen molar-refractivity contribution in [3.8, 4) is 5.75 Å². The number of amides is 1. The van der Waals surface area contributed by atoms with E-state index in [1.54, 1.807) is 0 Å². The predicted molar refractivity (Wildman–Crippen MR) is 63.2 cm³/mol. The maximum Gasteiger partial charge on any atom is 0.573 e. The van der Waals surface area contributed by atoms with E-state index in [1.807, 2.05) is 0 Å². The van der Waals surface area contributed by atoms with Gasteiger partial charge in [0.2, 0.25) is 0 Å². The first kappa shape index (κ1) is 16.3. The lowest BCUT2D eigenvalue weighted by Gasteiger charge is -2.13. The smallest absolute Gasteiger partial charge is 0.406 e. The highest BCUT2D eigenvalue weighted by molar-refractivity contribution is 5.95. The molecule has 0 fully saturated rings. The Kier molecular flexibility index (Phi) is 5.78. The van der Waals surface area contributed by atoms with Crippen molar-refractivity contribution in [2.45, 2.75) is 13.0 Å². The zero-order valence-corrected chi connectivity index (χ0v) is 10.9. The van der Waals surface area contributed by atoms with Crippen LogP contribution in [0.15, 0.2) is 18.2 Å². The monoisotopic (exact) mass is 293 g/mol. The fourth-order valence-electron chi connectivity index (χ4n) is 1.50. The molecule has 0 saturated heterocycles. The van der Waals surface area contributed by atoms with Gasteiger partial charge in [-0.05, 0) is 23.8 Å². The highest BCUT2D eigenvalue weighted by atomic mass is 19.4. The van der Waals surface area contributed by atoms with E-state index in [9.17, 15) is 18.0 Å². The predicted octanol–water partition coefficient (Wildman–Crippen LogP) is 2.07. The zero-order valence-electron chi connectivity index (χ0n) is 10.9. The molecule has 0 bridgehead atoms. The zero-order chi connectivity index (χ0) is 15.2. The molecule has 112 valence electrons. The van der Waals surface area contributed by atoms with Crippen LogP contribution in [0.2, 0.25) is 0 Å². The first-order chi connectivity index (χ1) is 9.37. The Bertz CT molecular complexity index is 463. The number of nitrogens with one attached hydrogen (secondary N) is 1. The lowest BCUT2D eigenvalue weighted by molar-refractivity contribution is -0.274. The summed E-state index contributed by atoms with van der Waals surface area (Å²) >= 11 is 0. The number of alkyl halides is 3. The number of carbonyl (C=O) groups is 1. The minimum atomic E-state index is -4.79. The Morgan fingerprint density at radius 3 is 2.50 bits per heavy atom. The van der Waals surface area contributed by atoms with Crippen LogP contribution in [-0.4, -0.2) is 33.2 Å². The summed E-state index contributed by atoms with van der Waals surface area (Å²) in [7, 11) is 2.77. The number of ether oxygens (including phenoxy) is 3. The third kappa shape index (κ3) is 5.06. The largest absolute Gasteiger partial charge is 0.573 e. The number of methoxy groups -OCH3 is 2. The second kappa shape index (κ2) is 7.11.